The Bertz CT molecular complexity index is 419. The molecule has 2 heterocycles. The van der Waals surface area contributed by atoms with Crippen molar-refractivity contribution < 1.29 is 4.90 Å². The average molecular weight is 326 g/mol. The minimum absolute atomic E-state index is 0.930. The minimum Gasteiger partial charge on any atom is -0.363 e. The quantitative estimate of drug-likeness (QED) is 0.585. The number of aromatic nitrogens is 1. The van der Waals surface area contributed by atoms with Gasteiger partial charge in [0, 0.05) is 24.5 Å². The fourth-order valence-electron chi connectivity index (χ4n) is 2.52. The second kappa shape index (κ2) is 9.23. The van der Waals surface area contributed by atoms with Crippen molar-refractivity contribution in [3.8, 4) is 0 Å². The van der Waals surface area contributed by atoms with Gasteiger partial charge < -0.3 is 15.1 Å². The van der Waals surface area contributed by atoms with E-state index in [2.05, 4.69) is 33.6 Å². The van der Waals surface area contributed by atoms with Crippen molar-refractivity contribution in [2.75, 3.05) is 44.7 Å². The molecule has 21 heavy (non-hydrogen) atoms. The number of hydrogen-bond acceptors (Lipinski definition) is 3. The van der Waals surface area contributed by atoms with Gasteiger partial charge in [-0.05, 0) is 42.8 Å². The van der Waals surface area contributed by atoms with Crippen LogP contribution in [0.3, 0.4) is 0 Å². The van der Waals surface area contributed by atoms with Crippen molar-refractivity contribution in [1.29, 1.82) is 0 Å². The molecule has 1 aromatic rings. The van der Waals surface area contributed by atoms with Crippen molar-refractivity contribution in [3.63, 3.8) is 0 Å². The van der Waals surface area contributed by atoms with Crippen LogP contribution < -0.4 is 10.2 Å². The van der Waals surface area contributed by atoms with Gasteiger partial charge in [-0.15, -0.1) is 0 Å². The van der Waals surface area contributed by atoms with Gasteiger partial charge in [-0.25, -0.2) is 0 Å². The molecule has 2 rings (SSSR count). The van der Waals surface area contributed by atoms with Crippen molar-refractivity contribution in [2.24, 2.45) is 0 Å². The fraction of sp³-hybridized carbons (Fsp3) is 0.600. The molecule has 116 valence electrons. The largest absolute Gasteiger partial charge is 0.363 e. The molecule has 1 aliphatic rings. The maximum atomic E-state index is 5.48. The molecule has 0 unspecified atom stereocenters. The van der Waals surface area contributed by atoms with Gasteiger partial charge in [0.2, 0.25) is 0 Å². The molecule has 0 bridgehead atoms. The zero-order valence-corrected chi connectivity index (χ0v) is 14.3. The lowest BCUT2D eigenvalue weighted by atomic mass is 10.2. The number of thioether (sulfide) groups is 1. The highest BCUT2D eigenvalue weighted by Crippen LogP contribution is 1.97. The lowest BCUT2D eigenvalue weighted by molar-refractivity contribution is -0.917. The Morgan fingerprint density at radius 2 is 2.10 bits per heavy atom. The minimum atomic E-state index is 0.930. The normalized spacial score (nSPS) is 16.0. The summed E-state index contributed by atoms with van der Waals surface area (Å²) in [6, 6.07) is 4.22. The molecule has 2 N–H and O–H groups in total. The molecule has 1 fully saturated rings. The lowest BCUT2D eigenvalue weighted by Crippen LogP contribution is -3.13. The van der Waals surface area contributed by atoms with E-state index in [1.807, 2.05) is 24.2 Å². The van der Waals surface area contributed by atoms with Gasteiger partial charge in [0.25, 0.3) is 0 Å². The molecule has 0 aliphatic carbocycles. The molecule has 0 aromatic carbocycles. The summed E-state index contributed by atoms with van der Waals surface area (Å²) in [7, 11) is 0. The van der Waals surface area contributed by atoms with Gasteiger partial charge in [-0.1, -0.05) is 0 Å². The predicted molar refractivity (Wildman–Crippen MR) is 93.8 cm³/mol. The highest BCUT2D eigenvalue weighted by Gasteiger charge is 2.21. The molecule has 1 aromatic heterocycles. The molecule has 4 nitrogen and oxygen atoms in total. The van der Waals surface area contributed by atoms with Crippen LogP contribution in [-0.2, 0) is 6.54 Å². The van der Waals surface area contributed by atoms with Crippen LogP contribution in [0.25, 0.3) is 0 Å². The Morgan fingerprint density at radius 1 is 1.38 bits per heavy atom. The van der Waals surface area contributed by atoms with Crippen LogP contribution >= 0.6 is 24.0 Å². The van der Waals surface area contributed by atoms with Crippen LogP contribution in [0.4, 0.5) is 0 Å². The number of pyridine rings is 1. The third kappa shape index (κ3) is 5.80. The van der Waals surface area contributed by atoms with Crippen LogP contribution in [0.15, 0.2) is 24.5 Å². The summed E-state index contributed by atoms with van der Waals surface area (Å²) in [6.07, 6.45) is 7.06. The molecule has 0 radical (unpaired) electrons. The standard InChI is InChI=1S/C15H24N4S2/c1-21-12-2-5-17-15(20)19-10-8-18(9-11-19)13-14-3-6-16-7-4-14/h3-4,6-7H,2,5,8-13H2,1H3,(H,17,20)/p+1. The first-order chi connectivity index (χ1) is 10.3. The first kappa shape index (κ1) is 16.5. The van der Waals surface area contributed by atoms with E-state index in [-0.39, 0.29) is 0 Å². The number of piperazine rings is 1. The first-order valence-electron chi connectivity index (χ1n) is 7.54. The summed E-state index contributed by atoms with van der Waals surface area (Å²) >= 11 is 7.37. The van der Waals surface area contributed by atoms with Crippen LogP contribution in [-0.4, -0.2) is 59.7 Å². The van der Waals surface area contributed by atoms with E-state index >= 15 is 0 Å². The molecular formula is C15H25N4S2+. The maximum absolute atomic E-state index is 5.48. The molecular weight excluding hydrogens is 300 g/mol. The topological polar surface area (TPSA) is 32.6 Å². The predicted octanol–water partition coefficient (Wildman–Crippen LogP) is 0.410. The van der Waals surface area contributed by atoms with E-state index in [4.69, 9.17) is 12.2 Å². The zero-order chi connectivity index (χ0) is 14.9. The lowest BCUT2D eigenvalue weighted by Gasteiger charge is -2.33. The summed E-state index contributed by atoms with van der Waals surface area (Å²) in [5, 5.41) is 4.31. The Kier molecular flexibility index (Phi) is 7.26. The summed E-state index contributed by atoms with van der Waals surface area (Å²) in [5.74, 6) is 1.19. The number of quaternary nitrogens is 1. The van der Waals surface area contributed by atoms with Gasteiger partial charge in [-0.3, -0.25) is 4.98 Å². The molecule has 1 saturated heterocycles. The summed E-state index contributed by atoms with van der Waals surface area (Å²) in [6.45, 7) is 6.47. The van der Waals surface area contributed by atoms with E-state index in [0.29, 0.717) is 0 Å². The van der Waals surface area contributed by atoms with E-state index in [0.717, 1.165) is 44.4 Å². The Hall–Kier alpha value is -0.850. The smallest absolute Gasteiger partial charge is 0.169 e. The number of hydrogen-bond donors (Lipinski definition) is 2. The van der Waals surface area contributed by atoms with Gasteiger partial charge in [0.05, 0.1) is 26.2 Å². The van der Waals surface area contributed by atoms with Crippen molar-refractivity contribution in [1.82, 2.24) is 15.2 Å². The number of nitrogens with one attached hydrogen (secondary N) is 2. The average Bonchev–Trinajstić information content (AvgIpc) is 2.53. The van der Waals surface area contributed by atoms with Crippen molar-refractivity contribution in [2.45, 2.75) is 13.0 Å². The number of rotatable bonds is 6. The van der Waals surface area contributed by atoms with Gasteiger partial charge in [0.1, 0.15) is 6.54 Å². The summed E-state index contributed by atoms with van der Waals surface area (Å²) in [5.41, 5.74) is 1.37. The maximum Gasteiger partial charge on any atom is 0.169 e. The second-order valence-electron chi connectivity index (χ2n) is 5.35. The Morgan fingerprint density at radius 3 is 2.76 bits per heavy atom. The van der Waals surface area contributed by atoms with Gasteiger partial charge in [-0.2, -0.15) is 11.8 Å². The molecule has 0 saturated carbocycles. The van der Waals surface area contributed by atoms with E-state index in [1.165, 1.54) is 17.7 Å². The van der Waals surface area contributed by atoms with Crippen molar-refractivity contribution in [3.05, 3.63) is 30.1 Å². The van der Waals surface area contributed by atoms with Crippen LogP contribution in [0, 0.1) is 0 Å². The second-order valence-corrected chi connectivity index (χ2v) is 6.72. The zero-order valence-electron chi connectivity index (χ0n) is 12.7. The van der Waals surface area contributed by atoms with E-state index in [1.54, 1.807) is 4.90 Å². The molecule has 0 amide bonds. The third-order valence-corrected chi connectivity index (χ3v) is 4.86. The highest BCUT2D eigenvalue weighted by molar-refractivity contribution is 7.98. The van der Waals surface area contributed by atoms with Crippen LogP contribution in [0.1, 0.15) is 12.0 Å². The van der Waals surface area contributed by atoms with E-state index in [9.17, 15) is 0 Å². The third-order valence-electron chi connectivity index (χ3n) is 3.76. The highest BCUT2D eigenvalue weighted by atomic mass is 32.2. The molecule has 1 aliphatic heterocycles. The molecule has 0 atom stereocenters. The van der Waals surface area contributed by atoms with E-state index < -0.39 is 0 Å². The summed E-state index contributed by atoms with van der Waals surface area (Å²) in [4.78, 5) is 8.01. The number of nitrogens with zero attached hydrogens (tertiary/aromatic N) is 2. The van der Waals surface area contributed by atoms with Crippen molar-refractivity contribution >= 4 is 29.1 Å². The number of thiocarbonyl (C=S) groups is 1. The van der Waals surface area contributed by atoms with Crippen LogP contribution in [0.2, 0.25) is 0 Å². The SMILES string of the molecule is CSCCCNC(=S)N1CC[NH+](Cc2ccncc2)CC1. The Labute approximate surface area is 137 Å². The first-order valence-corrected chi connectivity index (χ1v) is 9.34. The van der Waals surface area contributed by atoms with Gasteiger partial charge >= 0.3 is 0 Å². The monoisotopic (exact) mass is 325 g/mol. The molecule has 6 heteroatoms. The van der Waals surface area contributed by atoms with Crippen LogP contribution in [0.5, 0.6) is 0 Å². The summed E-state index contributed by atoms with van der Waals surface area (Å²) < 4.78 is 0. The van der Waals surface area contributed by atoms with Gasteiger partial charge in [0.15, 0.2) is 5.11 Å². The Balaban J connectivity index is 1.67. The fourth-order valence-corrected chi connectivity index (χ4v) is 3.23. The molecule has 0 spiro atoms.